The molecule has 6 rings (SSSR count). The van der Waals surface area contributed by atoms with Crippen LogP contribution in [0.2, 0.25) is 0 Å². The normalized spacial score (nSPS) is 17.5. The van der Waals surface area contributed by atoms with E-state index in [2.05, 4.69) is 45.4 Å². The smallest absolute Gasteiger partial charge is 0.275 e. The third-order valence-corrected chi connectivity index (χ3v) is 8.47. The lowest BCUT2D eigenvalue weighted by Gasteiger charge is -2.34. The summed E-state index contributed by atoms with van der Waals surface area (Å²) in [5.41, 5.74) is 3.57. The van der Waals surface area contributed by atoms with Crippen LogP contribution in [0.4, 0.5) is 0 Å². The van der Waals surface area contributed by atoms with E-state index < -0.39 is 0 Å². The summed E-state index contributed by atoms with van der Waals surface area (Å²) in [6.07, 6.45) is 6.08. The van der Waals surface area contributed by atoms with Crippen LogP contribution < -0.4 is 10.9 Å². The number of nitrogens with zero attached hydrogens (tertiary/aromatic N) is 4. The van der Waals surface area contributed by atoms with Crippen LogP contribution in [0.5, 0.6) is 0 Å². The van der Waals surface area contributed by atoms with Gasteiger partial charge in [0.1, 0.15) is 5.52 Å². The van der Waals surface area contributed by atoms with Crippen LogP contribution in [0.25, 0.3) is 21.8 Å². The number of para-hydroxylation sites is 1. The van der Waals surface area contributed by atoms with E-state index in [1.807, 2.05) is 46.6 Å². The molecule has 1 N–H and O–H groups in total. The van der Waals surface area contributed by atoms with E-state index in [0.29, 0.717) is 17.6 Å². The Bertz CT molecular complexity index is 1490. The van der Waals surface area contributed by atoms with Gasteiger partial charge in [0.15, 0.2) is 0 Å². The predicted octanol–water partition coefficient (Wildman–Crippen LogP) is 4.16. The number of hydrogen-bond donors (Lipinski definition) is 1. The van der Waals surface area contributed by atoms with Gasteiger partial charge >= 0.3 is 0 Å². The molecule has 198 valence electrons. The van der Waals surface area contributed by atoms with Crippen molar-refractivity contribution in [2.45, 2.75) is 38.3 Å². The number of piperazine rings is 1. The van der Waals surface area contributed by atoms with Gasteiger partial charge in [0.25, 0.3) is 11.5 Å². The molecule has 2 aliphatic rings. The molecule has 0 radical (unpaired) electrons. The standard InChI is InChI=1S/C31H37N5O2/c1-33-27-14-8-7-13-25(27)28-26(22-36(31(38)29(28)33)24-11-5-6-12-24)30(37)32-15-16-34-17-19-35(20-18-34)21-23-9-3-2-4-10-23/h2-4,7-10,13-14,22,24H,5-6,11-12,15-21H2,1H3,(H,32,37). The number of nitrogens with one attached hydrogen (secondary N) is 1. The largest absolute Gasteiger partial charge is 0.351 e. The zero-order valence-electron chi connectivity index (χ0n) is 22.2. The van der Waals surface area contributed by atoms with E-state index in [4.69, 9.17) is 0 Å². The fourth-order valence-corrected chi connectivity index (χ4v) is 6.36. The van der Waals surface area contributed by atoms with E-state index in [1.165, 1.54) is 5.56 Å². The SMILES string of the molecule is Cn1c2ccccc2c2c(C(=O)NCCN3CCN(Cc4ccccc4)CC3)cn(C3CCCC3)c(=O)c21. The number of benzene rings is 2. The molecular weight excluding hydrogens is 474 g/mol. The van der Waals surface area contributed by atoms with Gasteiger partial charge in [-0.05, 0) is 24.5 Å². The lowest BCUT2D eigenvalue weighted by molar-refractivity contribution is 0.0935. The third kappa shape index (κ3) is 4.76. The van der Waals surface area contributed by atoms with Crippen LogP contribution in [0, 0.1) is 0 Å². The molecule has 2 aromatic heterocycles. The fourth-order valence-electron chi connectivity index (χ4n) is 6.36. The maximum absolute atomic E-state index is 13.6. The molecule has 1 saturated carbocycles. The van der Waals surface area contributed by atoms with E-state index in [1.54, 1.807) is 0 Å². The first kappa shape index (κ1) is 24.9. The number of fused-ring (bicyclic) bond motifs is 3. The minimum absolute atomic E-state index is 0.00974. The summed E-state index contributed by atoms with van der Waals surface area (Å²) in [6, 6.07) is 18.8. The summed E-state index contributed by atoms with van der Waals surface area (Å²) in [5.74, 6) is -0.0965. The Hall–Kier alpha value is -3.42. The second kappa shape index (κ2) is 10.8. The van der Waals surface area contributed by atoms with Crippen LogP contribution in [0.15, 0.2) is 65.6 Å². The average molecular weight is 512 g/mol. The Labute approximate surface area is 223 Å². The highest BCUT2D eigenvalue weighted by Crippen LogP contribution is 2.33. The zero-order chi connectivity index (χ0) is 26.1. The minimum atomic E-state index is -0.0965. The molecule has 2 fully saturated rings. The molecular formula is C31H37N5O2. The summed E-state index contributed by atoms with van der Waals surface area (Å²) < 4.78 is 3.80. The summed E-state index contributed by atoms with van der Waals surface area (Å²) in [6.45, 7) is 6.48. The topological polar surface area (TPSA) is 62.5 Å². The Kier molecular flexibility index (Phi) is 7.04. The molecule has 38 heavy (non-hydrogen) atoms. The number of carbonyl (C=O) groups is 1. The van der Waals surface area contributed by atoms with Gasteiger partial charge in [-0.1, -0.05) is 61.4 Å². The Morgan fingerprint density at radius 3 is 2.37 bits per heavy atom. The van der Waals surface area contributed by atoms with Crippen LogP contribution in [0.3, 0.4) is 0 Å². The van der Waals surface area contributed by atoms with Gasteiger partial charge in [-0.3, -0.25) is 19.4 Å². The zero-order valence-corrected chi connectivity index (χ0v) is 22.2. The number of carbonyl (C=O) groups excluding carboxylic acids is 1. The van der Waals surface area contributed by atoms with Crippen molar-refractivity contribution in [2.24, 2.45) is 7.05 Å². The lowest BCUT2D eigenvalue weighted by Crippen LogP contribution is -2.48. The number of rotatable bonds is 7. The van der Waals surface area contributed by atoms with Crippen molar-refractivity contribution in [1.82, 2.24) is 24.3 Å². The monoisotopic (exact) mass is 511 g/mol. The van der Waals surface area contributed by atoms with E-state index >= 15 is 0 Å². The Balaban J connectivity index is 1.17. The number of pyridine rings is 1. The Morgan fingerprint density at radius 1 is 0.921 bits per heavy atom. The first-order valence-corrected chi connectivity index (χ1v) is 14.0. The van der Waals surface area contributed by atoms with Gasteiger partial charge in [-0.15, -0.1) is 0 Å². The molecule has 1 aliphatic carbocycles. The lowest BCUT2D eigenvalue weighted by atomic mass is 10.1. The highest BCUT2D eigenvalue weighted by molar-refractivity contribution is 6.17. The molecule has 3 heterocycles. The fraction of sp³-hybridized carbons (Fsp3) is 0.419. The van der Waals surface area contributed by atoms with Crippen LogP contribution in [-0.2, 0) is 13.6 Å². The van der Waals surface area contributed by atoms with Crippen molar-refractivity contribution in [2.75, 3.05) is 39.3 Å². The maximum atomic E-state index is 13.6. The molecule has 1 aliphatic heterocycles. The average Bonchev–Trinajstić information content (AvgIpc) is 3.58. The summed E-state index contributed by atoms with van der Waals surface area (Å²) in [7, 11) is 1.93. The van der Waals surface area contributed by atoms with Crippen molar-refractivity contribution in [3.05, 3.63) is 82.3 Å². The number of hydrogen-bond acceptors (Lipinski definition) is 4. The molecule has 0 bridgehead atoms. The quantitative estimate of drug-likeness (QED) is 0.405. The van der Waals surface area contributed by atoms with Crippen molar-refractivity contribution in [3.63, 3.8) is 0 Å². The number of aromatic nitrogens is 2. The second-order valence-electron chi connectivity index (χ2n) is 10.9. The van der Waals surface area contributed by atoms with Crippen LogP contribution >= 0.6 is 0 Å². The number of amides is 1. The van der Waals surface area contributed by atoms with Crippen molar-refractivity contribution in [3.8, 4) is 0 Å². The van der Waals surface area contributed by atoms with E-state index in [0.717, 1.165) is 81.2 Å². The first-order chi connectivity index (χ1) is 18.6. The van der Waals surface area contributed by atoms with Crippen molar-refractivity contribution in [1.29, 1.82) is 0 Å². The minimum Gasteiger partial charge on any atom is -0.351 e. The molecule has 7 heteroatoms. The maximum Gasteiger partial charge on any atom is 0.275 e. The third-order valence-electron chi connectivity index (χ3n) is 8.47. The van der Waals surface area contributed by atoms with Crippen molar-refractivity contribution < 1.29 is 4.79 Å². The molecule has 0 spiro atoms. The molecule has 7 nitrogen and oxygen atoms in total. The summed E-state index contributed by atoms with van der Waals surface area (Å²) in [4.78, 5) is 32.2. The summed E-state index contributed by atoms with van der Waals surface area (Å²) >= 11 is 0. The highest BCUT2D eigenvalue weighted by Gasteiger charge is 2.25. The molecule has 1 saturated heterocycles. The van der Waals surface area contributed by atoms with Gasteiger partial charge < -0.3 is 14.5 Å². The van der Waals surface area contributed by atoms with E-state index in [9.17, 15) is 9.59 Å². The van der Waals surface area contributed by atoms with Gasteiger partial charge in [-0.2, -0.15) is 0 Å². The van der Waals surface area contributed by atoms with Crippen molar-refractivity contribution >= 4 is 27.7 Å². The molecule has 4 aromatic rings. The predicted molar refractivity (Wildman–Crippen MR) is 153 cm³/mol. The van der Waals surface area contributed by atoms with Gasteiger partial charge in [0.05, 0.1) is 5.56 Å². The van der Waals surface area contributed by atoms with Gasteiger partial charge in [0.2, 0.25) is 0 Å². The first-order valence-electron chi connectivity index (χ1n) is 14.0. The van der Waals surface area contributed by atoms with Gasteiger partial charge in [-0.25, -0.2) is 0 Å². The number of aryl methyl sites for hydroxylation is 1. The Morgan fingerprint density at radius 2 is 1.61 bits per heavy atom. The van der Waals surface area contributed by atoms with Crippen LogP contribution in [-0.4, -0.2) is 64.1 Å². The highest BCUT2D eigenvalue weighted by atomic mass is 16.2. The summed E-state index contributed by atoms with van der Waals surface area (Å²) in [5, 5.41) is 4.91. The van der Waals surface area contributed by atoms with Gasteiger partial charge in [0, 0.05) is 81.4 Å². The molecule has 0 unspecified atom stereocenters. The second-order valence-corrected chi connectivity index (χ2v) is 10.9. The van der Waals surface area contributed by atoms with E-state index in [-0.39, 0.29) is 17.5 Å². The molecule has 2 aromatic carbocycles. The molecule has 0 atom stereocenters. The van der Waals surface area contributed by atoms with Crippen LogP contribution in [0.1, 0.15) is 47.6 Å². The molecule has 1 amide bonds.